The summed E-state index contributed by atoms with van der Waals surface area (Å²) in [4.78, 5) is 2.51. The van der Waals surface area contributed by atoms with Crippen molar-refractivity contribution in [1.29, 1.82) is 0 Å². The molecule has 102 valence electrons. The number of aromatic nitrogens is 2. The van der Waals surface area contributed by atoms with Crippen LogP contribution < -0.4 is 5.73 Å². The summed E-state index contributed by atoms with van der Waals surface area (Å²) in [6, 6.07) is 0. The van der Waals surface area contributed by atoms with E-state index in [0.717, 1.165) is 12.4 Å². The third kappa shape index (κ3) is 3.05. The molecule has 1 fully saturated rings. The van der Waals surface area contributed by atoms with Gasteiger partial charge >= 0.3 is 0 Å². The molecule has 1 aliphatic rings. The third-order valence-corrected chi connectivity index (χ3v) is 3.61. The van der Waals surface area contributed by atoms with E-state index in [1.807, 2.05) is 10.9 Å². The number of nitrogen functional groups attached to an aromatic ring is 1. The van der Waals surface area contributed by atoms with Gasteiger partial charge in [0.1, 0.15) is 5.82 Å². The average Bonchev–Trinajstić information content (AvgIpc) is 2.51. The van der Waals surface area contributed by atoms with Crippen molar-refractivity contribution < 1.29 is 0 Å². The van der Waals surface area contributed by atoms with Gasteiger partial charge in [-0.2, -0.15) is 5.10 Å². The lowest BCUT2D eigenvalue weighted by Gasteiger charge is -2.22. The fraction of sp³-hybridized carbons (Fsp3) is 0.786. The number of nitrogens with zero attached hydrogens (tertiary/aromatic N) is 3. The molecular formula is C14H26N4. The standard InChI is InChI=1S/C14H26N4/c1-14(2,3)18-13(15)12(10-16-18)11-17-8-6-4-5-7-9-17/h10H,4-9,11,15H2,1-3H3. The zero-order valence-corrected chi connectivity index (χ0v) is 11.9. The highest BCUT2D eigenvalue weighted by Gasteiger charge is 2.20. The van der Waals surface area contributed by atoms with Gasteiger partial charge in [-0.05, 0) is 46.7 Å². The lowest BCUT2D eigenvalue weighted by Crippen LogP contribution is -2.26. The Morgan fingerprint density at radius 1 is 1.17 bits per heavy atom. The maximum atomic E-state index is 6.22. The number of likely N-dealkylation sites (tertiary alicyclic amines) is 1. The van der Waals surface area contributed by atoms with Crippen molar-refractivity contribution in [3.8, 4) is 0 Å². The monoisotopic (exact) mass is 250 g/mol. The van der Waals surface area contributed by atoms with E-state index in [4.69, 9.17) is 5.73 Å². The molecule has 2 N–H and O–H groups in total. The first kappa shape index (κ1) is 13.4. The highest BCUT2D eigenvalue weighted by Crippen LogP contribution is 2.22. The fourth-order valence-electron chi connectivity index (χ4n) is 2.58. The maximum absolute atomic E-state index is 6.22. The number of nitrogens with two attached hydrogens (primary N) is 1. The van der Waals surface area contributed by atoms with E-state index in [-0.39, 0.29) is 5.54 Å². The first-order valence-electron chi connectivity index (χ1n) is 7.03. The number of hydrogen-bond donors (Lipinski definition) is 1. The van der Waals surface area contributed by atoms with Crippen LogP contribution in [0.1, 0.15) is 52.0 Å². The minimum atomic E-state index is -0.0406. The molecule has 1 aliphatic heterocycles. The van der Waals surface area contributed by atoms with Gasteiger partial charge in [-0.25, -0.2) is 4.68 Å². The van der Waals surface area contributed by atoms with Crippen molar-refractivity contribution in [1.82, 2.24) is 14.7 Å². The summed E-state index contributed by atoms with van der Waals surface area (Å²) in [7, 11) is 0. The predicted molar refractivity (Wildman–Crippen MR) is 75.4 cm³/mol. The Balaban J connectivity index is 2.07. The first-order chi connectivity index (χ1) is 8.48. The second-order valence-corrected chi connectivity index (χ2v) is 6.33. The lowest BCUT2D eigenvalue weighted by molar-refractivity contribution is 0.277. The number of hydrogen-bond acceptors (Lipinski definition) is 3. The van der Waals surface area contributed by atoms with E-state index >= 15 is 0 Å². The number of rotatable bonds is 2. The van der Waals surface area contributed by atoms with Crippen LogP contribution in [0, 0.1) is 0 Å². The molecule has 1 aromatic heterocycles. The average molecular weight is 250 g/mol. The number of anilines is 1. The molecule has 4 heteroatoms. The van der Waals surface area contributed by atoms with Gasteiger partial charge in [0.25, 0.3) is 0 Å². The van der Waals surface area contributed by atoms with Crippen molar-refractivity contribution >= 4 is 5.82 Å². The zero-order chi connectivity index (χ0) is 13.2. The second-order valence-electron chi connectivity index (χ2n) is 6.33. The molecule has 0 amide bonds. The molecule has 0 aliphatic carbocycles. The van der Waals surface area contributed by atoms with Crippen LogP contribution in [0.3, 0.4) is 0 Å². The summed E-state index contributed by atoms with van der Waals surface area (Å²) >= 11 is 0. The van der Waals surface area contributed by atoms with E-state index in [2.05, 4.69) is 30.8 Å². The van der Waals surface area contributed by atoms with Crippen molar-refractivity contribution in [2.24, 2.45) is 0 Å². The lowest BCUT2D eigenvalue weighted by atomic mass is 10.1. The van der Waals surface area contributed by atoms with Gasteiger partial charge in [0.15, 0.2) is 0 Å². The molecule has 0 spiro atoms. The van der Waals surface area contributed by atoms with Gasteiger partial charge in [-0.1, -0.05) is 12.8 Å². The highest BCUT2D eigenvalue weighted by atomic mass is 15.3. The molecule has 0 unspecified atom stereocenters. The molecule has 0 radical (unpaired) electrons. The minimum Gasteiger partial charge on any atom is -0.384 e. The van der Waals surface area contributed by atoms with Gasteiger partial charge in [0, 0.05) is 12.1 Å². The van der Waals surface area contributed by atoms with E-state index in [1.54, 1.807) is 0 Å². The normalized spacial score (nSPS) is 18.8. The van der Waals surface area contributed by atoms with Crippen LogP contribution in [0.25, 0.3) is 0 Å². The van der Waals surface area contributed by atoms with Crippen LogP contribution >= 0.6 is 0 Å². The minimum absolute atomic E-state index is 0.0406. The molecule has 1 aromatic rings. The topological polar surface area (TPSA) is 47.1 Å². The SMILES string of the molecule is CC(C)(C)n1ncc(CN2CCCCCC2)c1N. The van der Waals surface area contributed by atoms with Gasteiger partial charge in [-0.15, -0.1) is 0 Å². The largest absolute Gasteiger partial charge is 0.384 e. The molecule has 2 rings (SSSR count). The summed E-state index contributed by atoms with van der Waals surface area (Å²) in [6.45, 7) is 9.73. The Morgan fingerprint density at radius 2 is 1.78 bits per heavy atom. The Bertz CT molecular complexity index is 381. The summed E-state index contributed by atoms with van der Waals surface area (Å²) in [5.41, 5.74) is 7.35. The molecule has 2 heterocycles. The van der Waals surface area contributed by atoms with Gasteiger partial charge in [-0.3, -0.25) is 4.90 Å². The third-order valence-electron chi connectivity index (χ3n) is 3.61. The molecule has 0 saturated carbocycles. The predicted octanol–water partition coefficient (Wildman–Crippen LogP) is 2.60. The highest BCUT2D eigenvalue weighted by molar-refractivity contribution is 5.39. The van der Waals surface area contributed by atoms with Crippen molar-refractivity contribution in [3.05, 3.63) is 11.8 Å². The summed E-state index contributed by atoms with van der Waals surface area (Å²) in [5.74, 6) is 0.826. The molecule has 0 aromatic carbocycles. The maximum Gasteiger partial charge on any atom is 0.126 e. The van der Waals surface area contributed by atoms with E-state index in [1.165, 1.54) is 44.3 Å². The van der Waals surface area contributed by atoms with Crippen LogP contribution in [0.15, 0.2) is 6.20 Å². The second kappa shape index (κ2) is 5.31. The summed E-state index contributed by atoms with van der Waals surface area (Å²) in [5, 5.41) is 4.44. The fourth-order valence-corrected chi connectivity index (χ4v) is 2.58. The summed E-state index contributed by atoms with van der Waals surface area (Å²) < 4.78 is 1.93. The Hall–Kier alpha value is -1.03. The Morgan fingerprint density at radius 3 is 2.28 bits per heavy atom. The van der Waals surface area contributed by atoms with Crippen LogP contribution in [0.5, 0.6) is 0 Å². The smallest absolute Gasteiger partial charge is 0.126 e. The quantitative estimate of drug-likeness (QED) is 0.877. The molecule has 18 heavy (non-hydrogen) atoms. The van der Waals surface area contributed by atoms with Crippen LogP contribution in [0.2, 0.25) is 0 Å². The van der Waals surface area contributed by atoms with E-state index in [9.17, 15) is 0 Å². The van der Waals surface area contributed by atoms with Crippen molar-refractivity contribution in [2.45, 2.75) is 58.5 Å². The molecule has 4 nitrogen and oxygen atoms in total. The molecule has 0 bridgehead atoms. The van der Waals surface area contributed by atoms with Crippen LogP contribution in [0.4, 0.5) is 5.82 Å². The molecular weight excluding hydrogens is 224 g/mol. The molecule has 1 saturated heterocycles. The summed E-state index contributed by atoms with van der Waals surface area (Å²) in [6.07, 6.45) is 7.30. The van der Waals surface area contributed by atoms with Gasteiger partial charge < -0.3 is 5.73 Å². The Kier molecular flexibility index (Phi) is 3.95. The van der Waals surface area contributed by atoms with Crippen molar-refractivity contribution in [2.75, 3.05) is 18.8 Å². The van der Waals surface area contributed by atoms with E-state index in [0.29, 0.717) is 0 Å². The first-order valence-corrected chi connectivity index (χ1v) is 7.03. The van der Waals surface area contributed by atoms with Gasteiger partial charge in [0.2, 0.25) is 0 Å². The van der Waals surface area contributed by atoms with Crippen molar-refractivity contribution in [3.63, 3.8) is 0 Å². The van der Waals surface area contributed by atoms with Crippen LogP contribution in [-0.2, 0) is 12.1 Å². The Labute approximate surface area is 110 Å². The van der Waals surface area contributed by atoms with Crippen LogP contribution in [-0.4, -0.2) is 27.8 Å². The molecule has 0 atom stereocenters. The zero-order valence-electron chi connectivity index (χ0n) is 11.9. The van der Waals surface area contributed by atoms with Gasteiger partial charge in [0.05, 0.1) is 11.7 Å². The van der Waals surface area contributed by atoms with E-state index < -0.39 is 0 Å².